The SMILES string of the molecule is O=c1[nH]ccc2c1c(Nc1ccccc1)nn2[C@H]1CC12CCCCC2. The Bertz CT molecular complexity index is 966. The highest BCUT2D eigenvalue weighted by atomic mass is 16.1. The third-order valence-corrected chi connectivity index (χ3v) is 5.96. The van der Waals surface area contributed by atoms with Crippen LogP contribution in [0.4, 0.5) is 11.5 Å². The fourth-order valence-electron chi connectivity index (χ4n) is 4.55. The fourth-order valence-corrected chi connectivity index (χ4v) is 4.55. The Balaban J connectivity index is 1.59. The first-order valence-corrected chi connectivity index (χ1v) is 9.19. The predicted octanol–water partition coefficient (Wildman–Crippen LogP) is 4.36. The van der Waals surface area contributed by atoms with Crippen molar-refractivity contribution >= 4 is 22.4 Å². The van der Waals surface area contributed by atoms with E-state index in [1.165, 1.54) is 38.5 Å². The molecule has 2 aromatic heterocycles. The first kappa shape index (κ1) is 14.8. The molecule has 2 N–H and O–H groups in total. The number of rotatable bonds is 3. The summed E-state index contributed by atoms with van der Waals surface area (Å²) < 4.78 is 2.11. The average molecular weight is 334 g/mol. The van der Waals surface area contributed by atoms with Crippen LogP contribution >= 0.6 is 0 Å². The molecule has 2 aliphatic carbocycles. The number of anilines is 2. The number of aromatic nitrogens is 3. The molecule has 2 fully saturated rings. The maximum Gasteiger partial charge on any atom is 0.261 e. The Morgan fingerprint density at radius 3 is 2.72 bits per heavy atom. The summed E-state index contributed by atoms with van der Waals surface area (Å²) in [5.74, 6) is 0.654. The zero-order valence-electron chi connectivity index (χ0n) is 14.2. The second kappa shape index (κ2) is 5.48. The van der Waals surface area contributed by atoms with Crippen LogP contribution < -0.4 is 10.9 Å². The standard InChI is InChI=1S/C20H22N4O/c25-19-17-15(9-12-21-19)24(16-13-20(16)10-5-2-6-11-20)23-18(17)22-14-7-3-1-4-8-14/h1,3-4,7-9,12,16H,2,5-6,10-11,13H2,(H,21,25)(H,22,23)/t16-/m0/s1. The summed E-state index contributed by atoms with van der Waals surface area (Å²) in [6.45, 7) is 0. The molecule has 0 radical (unpaired) electrons. The van der Waals surface area contributed by atoms with Crippen LogP contribution in [-0.2, 0) is 0 Å². The Labute approximate surface area is 146 Å². The molecule has 2 heterocycles. The maximum atomic E-state index is 12.5. The average Bonchev–Trinajstić information content (AvgIpc) is 3.18. The van der Waals surface area contributed by atoms with Gasteiger partial charge in [0.25, 0.3) is 5.56 Å². The van der Waals surface area contributed by atoms with Gasteiger partial charge in [0.2, 0.25) is 0 Å². The first-order chi connectivity index (χ1) is 12.3. The summed E-state index contributed by atoms with van der Waals surface area (Å²) in [5.41, 5.74) is 2.22. The van der Waals surface area contributed by atoms with Crippen LogP contribution in [0.5, 0.6) is 0 Å². The molecule has 0 amide bonds. The Morgan fingerprint density at radius 1 is 1.12 bits per heavy atom. The van der Waals surface area contributed by atoms with Crippen molar-refractivity contribution in [2.45, 2.75) is 44.6 Å². The van der Waals surface area contributed by atoms with Gasteiger partial charge in [-0.15, -0.1) is 0 Å². The molecule has 1 spiro atoms. The van der Waals surface area contributed by atoms with Gasteiger partial charge in [0.05, 0.1) is 11.6 Å². The summed E-state index contributed by atoms with van der Waals surface area (Å²) in [6, 6.07) is 12.3. The minimum absolute atomic E-state index is 0.0828. The Kier molecular flexibility index (Phi) is 3.23. The van der Waals surface area contributed by atoms with Gasteiger partial charge >= 0.3 is 0 Å². The van der Waals surface area contributed by atoms with E-state index >= 15 is 0 Å². The quantitative estimate of drug-likeness (QED) is 0.748. The molecule has 128 valence electrons. The summed E-state index contributed by atoms with van der Waals surface area (Å²) in [4.78, 5) is 15.3. The summed E-state index contributed by atoms with van der Waals surface area (Å²) in [5, 5.41) is 8.83. The number of nitrogens with one attached hydrogen (secondary N) is 2. The lowest BCUT2D eigenvalue weighted by Gasteiger charge is -2.22. The highest BCUT2D eigenvalue weighted by molar-refractivity contribution is 5.91. The number of nitrogens with zero attached hydrogens (tertiary/aromatic N) is 2. The van der Waals surface area contributed by atoms with E-state index in [1.54, 1.807) is 6.20 Å². The van der Waals surface area contributed by atoms with Gasteiger partial charge in [-0.05, 0) is 42.9 Å². The van der Waals surface area contributed by atoms with Gasteiger partial charge < -0.3 is 10.3 Å². The van der Waals surface area contributed by atoms with E-state index in [0.29, 0.717) is 22.7 Å². The van der Waals surface area contributed by atoms with Gasteiger partial charge in [0.15, 0.2) is 5.82 Å². The van der Waals surface area contributed by atoms with Gasteiger partial charge in [-0.1, -0.05) is 37.5 Å². The van der Waals surface area contributed by atoms with Gasteiger partial charge in [-0.3, -0.25) is 9.48 Å². The molecule has 2 saturated carbocycles. The lowest BCUT2D eigenvalue weighted by Crippen LogP contribution is -2.13. The minimum atomic E-state index is -0.0828. The largest absolute Gasteiger partial charge is 0.338 e. The Morgan fingerprint density at radius 2 is 1.92 bits per heavy atom. The van der Waals surface area contributed by atoms with Gasteiger partial charge in [0, 0.05) is 11.9 Å². The second-order valence-electron chi connectivity index (χ2n) is 7.49. The number of H-pyrrole nitrogens is 1. The zero-order valence-corrected chi connectivity index (χ0v) is 14.2. The Hall–Kier alpha value is -2.56. The molecule has 5 rings (SSSR count). The van der Waals surface area contributed by atoms with Crippen LogP contribution in [0.15, 0.2) is 47.4 Å². The van der Waals surface area contributed by atoms with Crippen LogP contribution in [0.2, 0.25) is 0 Å². The third kappa shape index (κ3) is 2.37. The normalized spacial score (nSPS) is 21.5. The van der Waals surface area contributed by atoms with Crippen molar-refractivity contribution in [3.05, 3.63) is 52.9 Å². The van der Waals surface area contributed by atoms with Crippen molar-refractivity contribution in [2.24, 2.45) is 5.41 Å². The van der Waals surface area contributed by atoms with Gasteiger partial charge in [0.1, 0.15) is 5.39 Å². The van der Waals surface area contributed by atoms with Crippen LogP contribution in [0.25, 0.3) is 10.9 Å². The smallest absolute Gasteiger partial charge is 0.261 e. The number of hydrogen-bond donors (Lipinski definition) is 2. The molecular weight excluding hydrogens is 312 g/mol. The molecule has 1 atom stereocenters. The second-order valence-corrected chi connectivity index (χ2v) is 7.49. The third-order valence-electron chi connectivity index (χ3n) is 5.96. The number of hydrogen-bond acceptors (Lipinski definition) is 3. The molecule has 0 saturated heterocycles. The number of para-hydroxylation sites is 1. The number of aromatic amines is 1. The van der Waals surface area contributed by atoms with Crippen LogP contribution in [0.1, 0.15) is 44.6 Å². The lowest BCUT2D eigenvalue weighted by molar-refractivity contribution is 0.303. The molecule has 0 aliphatic heterocycles. The number of benzene rings is 1. The topological polar surface area (TPSA) is 62.7 Å². The van der Waals surface area contributed by atoms with E-state index < -0.39 is 0 Å². The highest BCUT2D eigenvalue weighted by Gasteiger charge is 2.56. The molecule has 3 aromatic rings. The van der Waals surface area contributed by atoms with Crippen molar-refractivity contribution in [1.82, 2.24) is 14.8 Å². The van der Waals surface area contributed by atoms with Crippen molar-refractivity contribution in [3.63, 3.8) is 0 Å². The monoisotopic (exact) mass is 334 g/mol. The van der Waals surface area contributed by atoms with E-state index in [1.807, 2.05) is 36.4 Å². The molecule has 2 aliphatic rings. The van der Waals surface area contributed by atoms with Crippen LogP contribution in [-0.4, -0.2) is 14.8 Å². The summed E-state index contributed by atoms with van der Waals surface area (Å²) in [7, 11) is 0. The van der Waals surface area contributed by atoms with Crippen molar-refractivity contribution in [1.29, 1.82) is 0 Å². The van der Waals surface area contributed by atoms with E-state index in [0.717, 1.165) is 11.2 Å². The van der Waals surface area contributed by atoms with Crippen molar-refractivity contribution < 1.29 is 0 Å². The number of pyridine rings is 1. The van der Waals surface area contributed by atoms with E-state index in [4.69, 9.17) is 5.10 Å². The molecule has 5 nitrogen and oxygen atoms in total. The van der Waals surface area contributed by atoms with Gasteiger partial charge in [-0.25, -0.2) is 0 Å². The number of fused-ring (bicyclic) bond motifs is 1. The van der Waals surface area contributed by atoms with Gasteiger partial charge in [-0.2, -0.15) is 5.10 Å². The lowest BCUT2D eigenvalue weighted by atomic mass is 9.86. The molecule has 1 aromatic carbocycles. The van der Waals surface area contributed by atoms with E-state index in [2.05, 4.69) is 15.0 Å². The maximum absolute atomic E-state index is 12.5. The summed E-state index contributed by atoms with van der Waals surface area (Å²) >= 11 is 0. The van der Waals surface area contributed by atoms with E-state index in [-0.39, 0.29) is 5.56 Å². The van der Waals surface area contributed by atoms with E-state index in [9.17, 15) is 4.79 Å². The molecule has 5 heteroatoms. The molecule has 0 unspecified atom stereocenters. The van der Waals surface area contributed by atoms with Crippen LogP contribution in [0.3, 0.4) is 0 Å². The first-order valence-electron chi connectivity index (χ1n) is 9.19. The minimum Gasteiger partial charge on any atom is -0.338 e. The van der Waals surface area contributed by atoms with Crippen molar-refractivity contribution in [3.8, 4) is 0 Å². The predicted molar refractivity (Wildman–Crippen MR) is 99.3 cm³/mol. The fraction of sp³-hybridized carbons (Fsp3) is 0.400. The van der Waals surface area contributed by atoms with Crippen LogP contribution in [0, 0.1) is 5.41 Å². The summed E-state index contributed by atoms with van der Waals surface area (Å²) in [6.07, 6.45) is 9.52. The molecular formula is C20H22N4O. The van der Waals surface area contributed by atoms with Crippen molar-refractivity contribution in [2.75, 3.05) is 5.32 Å². The zero-order chi connectivity index (χ0) is 16.9. The molecule has 0 bridgehead atoms. The highest BCUT2D eigenvalue weighted by Crippen LogP contribution is 2.64. The molecule has 25 heavy (non-hydrogen) atoms.